The van der Waals surface area contributed by atoms with Crippen molar-refractivity contribution in [3.8, 4) is 5.75 Å². The molecule has 1 aliphatic rings. The molecule has 1 aromatic heterocycles. The van der Waals surface area contributed by atoms with Gasteiger partial charge in [-0.25, -0.2) is 4.98 Å². The van der Waals surface area contributed by atoms with E-state index >= 15 is 0 Å². The van der Waals surface area contributed by atoms with Crippen LogP contribution in [-0.2, 0) is 24.4 Å². The summed E-state index contributed by atoms with van der Waals surface area (Å²) >= 11 is 0. The number of nitrogens with one attached hydrogen (secondary N) is 1. The Bertz CT molecular complexity index is 1010. The van der Waals surface area contributed by atoms with Crippen molar-refractivity contribution in [3.63, 3.8) is 0 Å². The van der Waals surface area contributed by atoms with E-state index in [1.165, 1.54) is 0 Å². The van der Waals surface area contributed by atoms with E-state index in [1.54, 1.807) is 6.08 Å². The van der Waals surface area contributed by atoms with E-state index in [-0.39, 0.29) is 11.9 Å². The summed E-state index contributed by atoms with van der Waals surface area (Å²) in [7, 11) is 0. The lowest BCUT2D eigenvalue weighted by molar-refractivity contribution is -0.117. The third-order valence-electron chi connectivity index (χ3n) is 4.99. The zero-order valence-electron chi connectivity index (χ0n) is 16.5. The number of fused-ring (bicyclic) bond motifs is 1. The fourth-order valence-corrected chi connectivity index (χ4v) is 3.57. The van der Waals surface area contributed by atoms with Crippen molar-refractivity contribution in [3.05, 3.63) is 89.5 Å². The predicted molar refractivity (Wildman–Crippen MR) is 113 cm³/mol. The number of aromatic nitrogens is 2. The maximum atomic E-state index is 12.3. The van der Waals surface area contributed by atoms with E-state index in [0.717, 1.165) is 47.8 Å². The fraction of sp³-hybridized carbons (Fsp3) is 0.250. The maximum absolute atomic E-state index is 12.3. The quantitative estimate of drug-likeness (QED) is 0.653. The molecule has 1 amide bonds. The minimum absolute atomic E-state index is 0.0779. The summed E-state index contributed by atoms with van der Waals surface area (Å²) in [6.07, 6.45) is 7.26. The average Bonchev–Trinajstić information content (AvgIpc) is 3.11. The van der Waals surface area contributed by atoms with Gasteiger partial charge >= 0.3 is 0 Å². The van der Waals surface area contributed by atoms with E-state index in [1.807, 2.05) is 73.8 Å². The molecule has 29 heavy (non-hydrogen) atoms. The molecule has 0 fully saturated rings. The first-order chi connectivity index (χ1) is 14.2. The number of carbonyl (C=O) groups excluding carboxylic acids is 1. The number of benzene rings is 2. The molecule has 2 heterocycles. The summed E-state index contributed by atoms with van der Waals surface area (Å²) in [4.78, 5) is 16.9. The van der Waals surface area contributed by atoms with E-state index in [2.05, 4.69) is 14.9 Å². The zero-order valence-corrected chi connectivity index (χ0v) is 16.5. The number of hydrogen-bond donors (Lipinski definition) is 1. The molecule has 1 aliphatic heterocycles. The minimum Gasteiger partial charge on any atom is -0.489 e. The Kier molecular flexibility index (Phi) is 5.75. The van der Waals surface area contributed by atoms with Gasteiger partial charge in [-0.3, -0.25) is 4.79 Å². The topological polar surface area (TPSA) is 56.2 Å². The van der Waals surface area contributed by atoms with Gasteiger partial charge in [-0.2, -0.15) is 0 Å². The first-order valence-corrected chi connectivity index (χ1v) is 9.94. The summed E-state index contributed by atoms with van der Waals surface area (Å²) in [6.45, 7) is 3.30. The van der Waals surface area contributed by atoms with Crippen molar-refractivity contribution in [2.75, 3.05) is 0 Å². The van der Waals surface area contributed by atoms with Crippen LogP contribution in [0.1, 0.15) is 29.1 Å². The third kappa shape index (κ3) is 5.13. The van der Waals surface area contributed by atoms with Crippen molar-refractivity contribution in [2.24, 2.45) is 0 Å². The van der Waals surface area contributed by atoms with Gasteiger partial charge in [-0.1, -0.05) is 42.5 Å². The van der Waals surface area contributed by atoms with Crippen molar-refractivity contribution >= 4 is 12.0 Å². The maximum Gasteiger partial charge on any atom is 0.244 e. The van der Waals surface area contributed by atoms with Gasteiger partial charge in [0, 0.05) is 31.3 Å². The molecule has 2 aromatic carbocycles. The van der Waals surface area contributed by atoms with Crippen LogP contribution in [0.5, 0.6) is 5.75 Å². The van der Waals surface area contributed by atoms with E-state index in [4.69, 9.17) is 4.74 Å². The SMILES string of the molecule is Cc1cn2c(n1)CCC(NC(=O)/C=C/c1cccc(OCc3ccccc3)c1)C2. The smallest absolute Gasteiger partial charge is 0.244 e. The van der Waals surface area contributed by atoms with Gasteiger partial charge in [0.25, 0.3) is 0 Å². The number of ether oxygens (including phenoxy) is 1. The van der Waals surface area contributed by atoms with Gasteiger partial charge < -0.3 is 14.6 Å². The monoisotopic (exact) mass is 387 g/mol. The van der Waals surface area contributed by atoms with Crippen LogP contribution in [0, 0.1) is 6.92 Å². The van der Waals surface area contributed by atoms with E-state index < -0.39 is 0 Å². The summed E-state index contributed by atoms with van der Waals surface area (Å²) in [5.74, 6) is 1.81. The van der Waals surface area contributed by atoms with Crippen LogP contribution in [-0.4, -0.2) is 21.5 Å². The van der Waals surface area contributed by atoms with Crippen LogP contribution in [0.3, 0.4) is 0 Å². The lowest BCUT2D eigenvalue weighted by atomic mass is 10.1. The fourth-order valence-electron chi connectivity index (χ4n) is 3.57. The Balaban J connectivity index is 1.31. The van der Waals surface area contributed by atoms with Gasteiger partial charge in [-0.15, -0.1) is 0 Å². The normalized spacial score (nSPS) is 15.8. The molecule has 0 bridgehead atoms. The Labute approximate surface area is 171 Å². The number of aryl methyl sites for hydroxylation is 2. The van der Waals surface area contributed by atoms with Crippen molar-refractivity contribution in [2.45, 2.75) is 39.0 Å². The highest BCUT2D eigenvalue weighted by Gasteiger charge is 2.20. The molecule has 5 heteroatoms. The molecule has 1 unspecified atom stereocenters. The van der Waals surface area contributed by atoms with Gasteiger partial charge in [0.15, 0.2) is 0 Å². The second kappa shape index (κ2) is 8.78. The Morgan fingerprint density at radius 2 is 2.10 bits per heavy atom. The van der Waals surface area contributed by atoms with Crippen LogP contribution in [0.4, 0.5) is 0 Å². The first kappa shape index (κ1) is 19.0. The number of amides is 1. The summed E-state index contributed by atoms with van der Waals surface area (Å²) in [5, 5.41) is 3.09. The minimum atomic E-state index is -0.0779. The average molecular weight is 387 g/mol. The Morgan fingerprint density at radius 3 is 2.97 bits per heavy atom. The van der Waals surface area contributed by atoms with Crippen molar-refractivity contribution < 1.29 is 9.53 Å². The summed E-state index contributed by atoms with van der Waals surface area (Å²) in [5.41, 5.74) is 3.08. The molecule has 1 atom stereocenters. The van der Waals surface area contributed by atoms with Crippen LogP contribution in [0.25, 0.3) is 6.08 Å². The molecule has 0 spiro atoms. The van der Waals surface area contributed by atoms with Crippen LogP contribution in [0.15, 0.2) is 66.9 Å². The molecule has 0 radical (unpaired) electrons. The molecule has 5 nitrogen and oxygen atoms in total. The van der Waals surface area contributed by atoms with Gasteiger partial charge in [-0.05, 0) is 42.7 Å². The molecule has 148 valence electrons. The molecule has 0 saturated carbocycles. The lowest BCUT2D eigenvalue weighted by Gasteiger charge is -2.24. The highest BCUT2D eigenvalue weighted by atomic mass is 16.5. The number of carbonyl (C=O) groups is 1. The Hall–Kier alpha value is -3.34. The van der Waals surface area contributed by atoms with Gasteiger partial charge in [0.2, 0.25) is 5.91 Å². The van der Waals surface area contributed by atoms with Crippen LogP contribution >= 0.6 is 0 Å². The molecule has 1 N–H and O–H groups in total. The number of rotatable bonds is 6. The number of hydrogen-bond acceptors (Lipinski definition) is 3. The molecule has 0 aliphatic carbocycles. The largest absolute Gasteiger partial charge is 0.489 e. The molecule has 3 aromatic rings. The summed E-state index contributed by atoms with van der Waals surface area (Å²) < 4.78 is 7.99. The second-order valence-corrected chi connectivity index (χ2v) is 7.38. The molecular weight excluding hydrogens is 362 g/mol. The molecule has 4 rings (SSSR count). The van der Waals surface area contributed by atoms with Crippen molar-refractivity contribution in [1.29, 1.82) is 0 Å². The molecule has 0 saturated heterocycles. The predicted octanol–water partition coefficient (Wildman–Crippen LogP) is 3.91. The number of nitrogens with zero attached hydrogens (tertiary/aromatic N) is 2. The third-order valence-corrected chi connectivity index (χ3v) is 4.99. The van der Waals surface area contributed by atoms with Crippen LogP contribution < -0.4 is 10.1 Å². The summed E-state index contributed by atoms with van der Waals surface area (Å²) in [6, 6.07) is 17.9. The van der Waals surface area contributed by atoms with E-state index in [9.17, 15) is 4.79 Å². The van der Waals surface area contributed by atoms with Crippen molar-refractivity contribution in [1.82, 2.24) is 14.9 Å². The highest BCUT2D eigenvalue weighted by molar-refractivity contribution is 5.91. The van der Waals surface area contributed by atoms with Crippen LogP contribution in [0.2, 0.25) is 0 Å². The van der Waals surface area contributed by atoms with Gasteiger partial charge in [0.05, 0.1) is 5.69 Å². The van der Waals surface area contributed by atoms with Gasteiger partial charge in [0.1, 0.15) is 18.2 Å². The Morgan fingerprint density at radius 1 is 1.24 bits per heavy atom. The number of imidazole rings is 1. The zero-order chi connectivity index (χ0) is 20.1. The standard InChI is InChI=1S/C24H25N3O2/c1-18-15-27-16-21(11-12-23(27)25-18)26-24(28)13-10-19-8-5-9-22(14-19)29-17-20-6-3-2-4-7-20/h2-10,13-15,21H,11-12,16-17H2,1H3,(H,26,28)/b13-10+. The first-order valence-electron chi connectivity index (χ1n) is 9.94. The highest BCUT2D eigenvalue weighted by Crippen LogP contribution is 2.17. The lowest BCUT2D eigenvalue weighted by Crippen LogP contribution is -2.40. The molecular formula is C24H25N3O2. The second-order valence-electron chi connectivity index (χ2n) is 7.38. The van der Waals surface area contributed by atoms with E-state index in [0.29, 0.717) is 6.61 Å².